The lowest BCUT2D eigenvalue weighted by molar-refractivity contribution is -0.153. The maximum atomic E-state index is 13.3. The van der Waals surface area contributed by atoms with Crippen molar-refractivity contribution in [1.82, 2.24) is 0 Å². The molecule has 0 N–H and O–H groups in total. The molecule has 0 radical (unpaired) electrons. The Bertz CT molecular complexity index is 2050. The first kappa shape index (κ1) is 55.5. The van der Waals surface area contributed by atoms with Gasteiger partial charge in [0.25, 0.3) is 0 Å². The highest BCUT2D eigenvalue weighted by atomic mass is 16.5. The molecule has 0 aromatic heterocycles. The molecule has 0 fully saturated rings. The lowest BCUT2D eigenvalue weighted by Crippen LogP contribution is -2.31. The van der Waals surface area contributed by atoms with Crippen molar-refractivity contribution < 1.29 is 33.4 Å². The molecule has 0 amide bonds. The Labute approximate surface area is 399 Å². The van der Waals surface area contributed by atoms with Crippen molar-refractivity contribution in [2.45, 2.75) is 160 Å². The van der Waals surface area contributed by atoms with Crippen LogP contribution in [0.4, 0.5) is 0 Å². The molecule has 7 nitrogen and oxygen atoms in total. The van der Waals surface area contributed by atoms with Gasteiger partial charge < -0.3 is 14.2 Å². The zero-order valence-electron chi connectivity index (χ0n) is 43.0. The predicted octanol–water partition coefficient (Wildman–Crippen LogP) is 14.3. The van der Waals surface area contributed by atoms with Gasteiger partial charge in [-0.05, 0) is 115 Å². The predicted molar refractivity (Wildman–Crippen MR) is 271 cm³/mol. The van der Waals surface area contributed by atoms with E-state index in [4.69, 9.17) is 14.2 Å². The molecule has 0 bridgehead atoms. The van der Waals surface area contributed by atoms with Crippen molar-refractivity contribution in [3.8, 4) is 0 Å². The minimum absolute atomic E-state index is 0.0134. The largest absolute Gasteiger partial charge is 0.498 e. The molecule has 3 aromatic rings. The number of carbonyl (C=O) groups excluding carboxylic acids is 4. The third kappa shape index (κ3) is 20.4. The van der Waals surface area contributed by atoms with Crippen LogP contribution in [0.25, 0.3) is 0 Å². The monoisotopic (exact) mass is 905 g/mol. The fourth-order valence-corrected chi connectivity index (χ4v) is 8.25. The second kappa shape index (κ2) is 25.9. The number of esters is 2. The Morgan fingerprint density at radius 3 is 1.59 bits per heavy atom. The summed E-state index contributed by atoms with van der Waals surface area (Å²) in [5.74, 6) is 1.10. The van der Waals surface area contributed by atoms with Crippen molar-refractivity contribution in [2.75, 3.05) is 19.8 Å². The van der Waals surface area contributed by atoms with Crippen molar-refractivity contribution in [3.63, 3.8) is 0 Å². The fourth-order valence-electron chi connectivity index (χ4n) is 8.25. The van der Waals surface area contributed by atoms with E-state index in [0.29, 0.717) is 43.3 Å². The van der Waals surface area contributed by atoms with Gasteiger partial charge in [0.15, 0.2) is 11.6 Å². The standard InChI is InChI=1S/C59H84O7/c1-41(2)34-51(58(9,10)11)56(63)66-33-17-15-16-20-42(3)35-45-21-26-48(27-22-45)53(60)37-47-25-30-50(43(4)36-47)39-54(61)49-28-23-46(24-29-49)38-55(62)65-32-19-18-31-64-44(5)52(59(12,13)14)40-57(6,7)8/h21-30,36,41,51-52H,3,5,15-20,31-35,37-40H2,1-2,4,6-14H3. The van der Waals surface area contributed by atoms with Gasteiger partial charge in [-0.3, -0.25) is 19.2 Å². The van der Waals surface area contributed by atoms with Gasteiger partial charge in [-0.1, -0.05) is 162 Å². The highest BCUT2D eigenvalue weighted by Crippen LogP contribution is 2.40. The van der Waals surface area contributed by atoms with Gasteiger partial charge in [-0.2, -0.15) is 0 Å². The molecule has 0 aliphatic rings. The zero-order valence-corrected chi connectivity index (χ0v) is 43.0. The third-order valence-corrected chi connectivity index (χ3v) is 12.3. The number of allylic oxidation sites excluding steroid dienone is 2. The molecule has 7 heteroatoms. The van der Waals surface area contributed by atoms with Gasteiger partial charge in [0.2, 0.25) is 0 Å². The molecule has 0 spiro atoms. The van der Waals surface area contributed by atoms with Crippen LogP contribution in [0.15, 0.2) is 91.2 Å². The Morgan fingerprint density at radius 1 is 0.561 bits per heavy atom. The molecule has 0 heterocycles. The number of hydrogen-bond acceptors (Lipinski definition) is 7. The van der Waals surface area contributed by atoms with E-state index in [1.807, 2.05) is 61.5 Å². The average Bonchev–Trinajstić information content (AvgIpc) is 3.21. The first-order chi connectivity index (χ1) is 30.8. The number of rotatable bonds is 27. The van der Waals surface area contributed by atoms with E-state index in [0.717, 1.165) is 90.5 Å². The molecule has 0 aliphatic heterocycles. The van der Waals surface area contributed by atoms with Crippen LogP contribution in [0, 0.1) is 40.9 Å². The number of Topliss-reactive ketones (excluding diaryl/α,β-unsaturated/α-hetero) is 2. The SMILES string of the molecule is C=C(CCCCCOC(=O)C(CC(C)C)C(C)(C)C)Cc1ccc(C(=O)Cc2ccc(CC(=O)c3ccc(CC(=O)OCCCCOC(=C)C(CC(C)(C)C)C(C)(C)C)cc3)c(C)c2)cc1. The molecular formula is C59H84O7. The molecular weight excluding hydrogens is 821 g/mol. The van der Waals surface area contributed by atoms with E-state index in [-0.39, 0.29) is 70.8 Å². The maximum Gasteiger partial charge on any atom is 0.310 e. The van der Waals surface area contributed by atoms with Crippen LogP contribution in [0.3, 0.4) is 0 Å². The summed E-state index contributed by atoms with van der Waals surface area (Å²) >= 11 is 0. The van der Waals surface area contributed by atoms with E-state index >= 15 is 0 Å². The van der Waals surface area contributed by atoms with Crippen LogP contribution in [0.5, 0.6) is 0 Å². The first-order valence-electron chi connectivity index (χ1n) is 24.5. The number of ketones is 2. The van der Waals surface area contributed by atoms with Crippen LogP contribution in [-0.4, -0.2) is 43.3 Å². The molecule has 0 saturated carbocycles. The summed E-state index contributed by atoms with van der Waals surface area (Å²) in [6.45, 7) is 35.8. The summed E-state index contributed by atoms with van der Waals surface area (Å²) in [6, 6.07) is 20.8. The van der Waals surface area contributed by atoms with Gasteiger partial charge in [0.1, 0.15) is 0 Å². The Balaban J connectivity index is 1.36. The molecule has 2 atom stereocenters. The van der Waals surface area contributed by atoms with E-state index in [1.165, 1.54) is 0 Å². The summed E-state index contributed by atoms with van der Waals surface area (Å²) in [6.07, 6.45) is 8.45. The Hall–Kier alpha value is -4.78. The lowest BCUT2D eigenvalue weighted by Gasteiger charge is -2.36. The second-order valence-electron chi connectivity index (χ2n) is 22.4. The number of aryl methyl sites for hydroxylation is 1. The molecule has 3 rings (SSSR count). The van der Waals surface area contributed by atoms with Gasteiger partial charge in [-0.25, -0.2) is 0 Å². The van der Waals surface area contributed by atoms with Crippen molar-refractivity contribution in [3.05, 3.63) is 130 Å². The van der Waals surface area contributed by atoms with Crippen molar-refractivity contribution >= 4 is 23.5 Å². The normalized spacial score (nSPS) is 12.9. The van der Waals surface area contributed by atoms with Crippen LogP contribution in [0.2, 0.25) is 0 Å². The number of ether oxygens (including phenoxy) is 3. The summed E-state index contributed by atoms with van der Waals surface area (Å²) in [4.78, 5) is 51.8. The molecule has 0 aliphatic carbocycles. The Kier molecular flexibility index (Phi) is 21.8. The Morgan fingerprint density at radius 2 is 1.06 bits per heavy atom. The van der Waals surface area contributed by atoms with Crippen LogP contribution < -0.4 is 0 Å². The molecule has 2 unspecified atom stereocenters. The van der Waals surface area contributed by atoms with Gasteiger partial charge in [-0.15, -0.1) is 0 Å². The fraction of sp³-hybridized carbons (Fsp3) is 0.559. The van der Waals surface area contributed by atoms with Gasteiger partial charge in [0, 0.05) is 29.9 Å². The smallest absolute Gasteiger partial charge is 0.310 e. The third-order valence-electron chi connectivity index (χ3n) is 12.3. The van der Waals surface area contributed by atoms with Crippen molar-refractivity contribution in [1.29, 1.82) is 0 Å². The maximum absolute atomic E-state index is 13.3. The topological polar surface area (TPSA) is 96.0 Å². The summed E-state index contributed by atoms with van der Waals surface area (Å²) in [7, 11) is 0. The molecule has 0 saturated heterocycles. The van der Waals surface area contributed by atoms with Crippen LogP contribution in [0.1, 0.15) is 176 Å². The lowest BCUT2D eigenvalue weighted by atomic mass is 9.71. The highest BCUT2D eigenvalue weighted by Gasteiger charge is 2.33. The zero-order chi connectivity index (χ0) is 49.2. The van der Waals surface area contributed by atoms with Gasteiger partial charge in [0.05, 0.1) is 37.9 Å². The summed E-state index contributed by atoms with van der Waals surface area (Å²) in [5, 5.41) is 0. The first-order valence-corrected chi connectivity index (χ1v) is 24.5. The summed E-state index contributed by atoms with van der Waals surface area (Å²) in [5.41, 5.74) is 7.21. The number of carbonyl (C=O) groups is 4. The molecule has 3 aromatic carbocycles. The molecule has 362 valence electrons. The van der Waals surface area contributed by atoms with E-state index in [1.54, 1.807) is 12.1 Å². The van der Waals surface area contributed by atoms with Crippen LogP contribution in [-0.2, 0) is 49.5 Å². The van der Waals surface area contributed by atoms with E-state index in [9.17, 15) is 19.2 Å². The number of benzene rings is 3. The minimum atomic E-state index is -0.298. The van der Waals surface area contributed by atoms with E-state index in [2.05, 4.69) is 89.3 Å². The van der Waals surface area contributed by atoms with E-state index < -0.39 is 0 Å². The number of unbranched alkanes of at least 4 members (excludes halogenated alkanes) is 3. The average molecular weight is 905 g/mol. The van der Waals surface area contributed by atoms with Gasteiger partial charge >= 0.3 is 11.9 Å². The number of hydrogen-bond donors (Lipinski definition) is 0. The minimum Gasteiger partial charge on any atom is -0.498 e. The quantitative estimate of drug-likeness (QED) is 0.0247. The summed E-state index contributed by atoms with van der Waals surface area (Å²) < 4.78 is 17.2. The second-order valence-corrected chi connectivity index (χ2v) is 22.4. The highest BCUT2D eigenvalue weighted by molar-refractivity contribution is 5.98. The molecule has 66 heavy (non-hydrogen) atoms. The van der Waals surface area contributed by atoms with Crippen molar-refractivity contribution in [2.24, 2.45) is 34.0 Å². The van der Waals surface area contributed by atoms with Crippen LogP contribution >= 0.6 is 0 Å².